The van der Waals surface area contributed by atoms with E-state index in [-0.39, 0.29) is 36.0 Å². The van der Waals surface area contributed by atoms with Gasteiger partial charge in [0.1, 0.15) is 0 Å². The molecule has 1 aromatic rings. The molecule has 2 nitrogen and oxygen atoms in total. The van der Waals surface area contributed by atoms with Crippen LogP contribution in [0.2, 0.25) is 0 Å². The minimum Gasteiger partial charge on any atom is -0.547 e. The van der Waals surface area contributed by atoms with E-state index in [9.17, 15) is 9.90 Å². The van der Waals surface area contributed by atoms with Crippen molar-refractivity contribution in [1.82, 2.24) is 0 Å². The van der Waals surface area contributed by atoms with Gasteiger partial charge in [-0.25, -0.2) is 0 Å². The van der Waals surface area contributed by atoms with E-state index in [1.165, 1.54) is 42.6 Å². The first-order chi connectivity index (χ1) is 11.5. The standard InChI is InChI=1S/C19H28Cl2O2S.Na/c1-24-17-13-11-16(12-14-17)10-8-6-4-2-3-5-7-9-15-19(20,21)18(22)23;/h11-14H,2-10,15H2,1H3,(H,22,23);/q;+1/p-1. The first kappa shape index (κ1) is 25.6. The Balaban J connectivity index is 0.00000576. The van der Waals surface area contributed by atoms with Crippen LogP contribution in [0.25, 0.3) is 0 Å². The minimum absolute atomic E-state index is 0. The molecule has 0 bridgehead atoms. The molecule has 0 saturated heterocycles. The first-order valence-electron chi connectivity index (χ1n) is 8.68. The second-order valence-corrected chi connectivity index (χ2v) is 8.53. The third-order valence-electron chi connectivity index (χ3n) is 4.16. The molecular formula is C19H27Cl2NaO2S. The van der Waals surface area contributed by atoms with Gasteiger partial charge in [-0.2, -0.15) is 0 Å². The molecule has 0 atom stereocenters. The topological polar surface area (TPSA) is 40.1 Å². The van der Waals surface area contributed by atoms with Crippen molar-refractivity contribution in [2.24, 2.45) is 0 Å². The maximum Gasteiger partial charge on any atom is 1.00 e. The molecule has 1 aromatic carbocycles. The molecule has 0 amide bonds. The number of carbonyl (C=O) groups is 1. The number of hydrogen-bond acceptors (Lipinski definition) is 3. The Morgan fingerprint density at radius 3 is 1.92 bits per heavy atom. The van der Waals surface area contributed by atoms with Crippen molar-refractivity contribution in [3.8, 4) is 0 Å². The van der Waals surface area contributed by atoms with Crippen LogP contribution in [0.4, 0.5) is 0 Å². The van der Waals surface area contributed by atoms with Crippen LogP contribution in [0, 0.1) is 0 Å². The molecule has 0 radical (unpaired) electrons. The van der Waals surface area contributed by atoms with Crippen LogP contribution in [0.15, 0.2) is 29.2 Å². The number of halogens is 2. The van der Waals surface area contributed by atoms with Gasteiger partial charge < -0.3 is 9.90 Å². The Morgan fingerprint density at radius 1 is 0.960 bits per heavy atom. The quantitative estimate of drug-likeness (QED) is 0.216. The van der Waals surface area contributed by atoms with Crippen LogP contribution in [-0.4, -0.2) is 16.6 Å². The maximum atomic E-state index is 10.6. The smallest absolute Gasteiger partial charge is 0.547 e. The Hall–Kier alpha value is 0.620. The van der Waals surface area contributed by atoms with Crippen molar-refractivity contribution < 1.29 is 39.5 Å². The van der Waals surface area contributed by atoms with E-state index in [2.05, 4.69) is 30.5 Å². The number of carbonyl (C=O) groups excluding carboxylic acids is 1. The zero-order chi connectivity index (χ0) is 17.8. The monoisotopic (exact) mass is 412 g/mol. The fraction of sp³-hybridized carbons (Fsp3) is 0.632. The third kappa shape index (κ3) is 11.8. The van der Waals surface area contributed by atoms with E-state index in [4.69, 9.17) is 23.2 Å². The summed E-state index contributed by atoms with van der Waals surface area (Å²) in [5.74, 6) is -1.39. The zero-order valence-electron chi connectivity index (χ0n) is 15.4. The third-order valence-corrected chi connectivity index (χ3v) is 5.59. The molecule has 1 rings (SSSR count). The van der Waals surface area contributed by atoms with Crippen LogP contribution < -0.4 is 34.7 Å². The fourth-order valence-corrected chi connectivity index (χ4v) is 3.31. The van der Waals surface area contributed by atoms with E-state index in [0.29, 0.717) is 0 Å². The predicted molar refractivity (Wildman–Crippen MR) is 103 cm³/mol. The van der Waals surface area contributed by atoms with Gasteiger partial charge in [0.25, 0.3) is 0 Å². The van der Waals surface area contributed by atoms with Gasteiger partial charge >= 0.3 is 29.6 Å². The van der Waals surface area contributed by atoms with Crippen LogP contribution >= 0.6 is 35.0 Å². The second-order valence-electron chi connectivity index (χ2n) is 6.17. The summed E-state index contributed by atoms with van der Waals surface area (Å²) in [4.78, 5) is 12.0. The minimum atomic E-state index is -1.73. The van der Waals surface area contributed by atoms with Gasteiger partial charge in [0.05, 0.1) is 5.97 Å². The summed E-state index contributed by atoms with van der Waals surface area (Å²) in [6, 6.07) is 8.84. The number of thioether (sulfide) groups is 1. The normalized spacial score (nSPS) is 11.2. The number of hydrogen-bond donors (Lipinski definition) is 0. The van der Waals surface area contributed by atoms with Gasteiger partial charge in [-0.3, -0.25) is 0 Å². The molecule has 0 heterocycles. The Morgan fingerprint density at radius 2 is 1.44 bits per heavy atom. The maximum absolute atomic E-state index is 10.6. The summed E-state index contributed by atoms with van der Waals surface area (Å²) in [5, 5.41) is 10.6. The van der Waals surface area contributed by atoms with Crippen LogP contribution in [0.5, 0.6) is 0 Å². The number of carboxylic acid groups (broad SMARTS) is 1. The van der Waals surface area contributed by atoms with E-state index >= 15 is 0 Å². The number of alkyl halides is 2. The number of aliphatic carboxylic acids is 1. The molecule has 0 spiro atoms. The van der Waals surface area contributed by atoms with Crippen LogP contribution in [0.1, 0.15) is 63.4 Å². The average molecular weight is 413 g/mol. The van der Waals surface area contributed by atoms with Gasteiger partial charge in [-0.1, -0.05) is 80.3 Å². The number of rotatable bonds is 13. The summed E-state index contributed by atoms with van der Waals surface area (Å²) < 4.78 is -1.73. The van der Waals surface area contributed by atoms with E-state index in [1.807, 2.05) is 0 Å². The molecule has 6 heteroatoms. The summed E-state index contributed by atoms with van der Waals surface area (Å²) in [6.45, 7) is 0. The number of unbranched alkanes of at least 4 members (excludes halogenated alkanes) is 7. The molecule has 25 heavy (non-hydrogen) atoms. The van der Waals surface area contributed by atoms with Crippen molar-refractivity contribution in [1.29, 1.82) is 0 Å². The second kappa shape index (κ2) is 14.6. The van der Waals surface area contributed by atoms with Gasteiger partial charge in [0.15, 0.2) is 4.33 Å². The summed E-state index contributed by atoms with van der Waals surface area (Å²) in [7, 11) is 0. The molecule has 0 aliphatic rings. The molecule has 0 aliphatic carbocycles. The SMILES string of the molecule is CSc1ccc(CCCCCCCCCCC(Cl)(Cl)C(=O)[O-])cc1.[Na+]. The molecule has 0 fully saturated rings. The van der Waals surface area contributed by atoms with Crippen molar-refractivity contribution >= 4 is 40.9 Å². The number of benzene rings is 1. The Kier molecular flexibility index (Phi) is 15.0. The van der Waals surface area contributed by atoms with Crippen LogP contribution in [0.3, 0.4) is 0 Å². The van der Waals surface area contributed by atoms with Gasteiger partial charge in [-0.05, 0) is 43.2 Å². The first-order valence-corrected chi connectivity index (χ1v) is 10.7. The van der Waals surface area contributed by atoms with E-state index < -0.39 is 10.3 Å². The number of aryl methyl sites for hydroxylation is 1. The van der Waals surface area contributed by atoms with Crippen molar-refractivity contribution in [2.45, 2.75) is 73.4 Å². The largest absolute Gasteiger partial charge is 1.00 e. The molecular weight excluding hydrogens is 386 g/mol. The fourth-order valence-electron chi connectivity index (χ4n) is 2.63. The molecule has 0 N–H and O–H groups in total. The molecule has 0 saturated carbocycles. The van der Waals surface area contributed by atoms with E-state index in [1.54, 1.807) is 11.8 Å². The summed E-state index contributed by atoms with van der Waals surface area (Å²) >= 11 is 13.1. The average Bonchev–Trinajstić information content (AvgIpc) is 2.57. The zero-order valence-corrected chi connectivity index (χ0v) is 19.7. The van der Waals surface area contributed by atoms with Crippen molar-refractivity contribution in [3.63, 3.8) is 0 Å². The van der Waals surface area contributed by atoms with Gasteiger partial charge in [0.2, 0.25) is 0 Å². The Bertz CT molecular complexity index is 481. The van der Waals surface area contributed by atoms with Gasteiger partial charge in [-0.15, -0.1) is 11.8 Å². The summed E-state index contributed by atoms with van der Waals surface area (Å²) in [5.41, 5.74) is 1.42. The van der Waals surface area contributed by atoms with Gasteiger partial charge in [0, 0.05) is 4.90 Å². The molecule has 136 valence electrons. The van der Waals surface area contributed by atoms with Crippen molar-refractivity contribution in [2.75, 3.05) is 6.26 Å². The number of carboxylic acids is 1. The van der Waals surface area contributed by atoms with Crippen molar-refractivity contribution in [3.05, 3.63) is 29.8 Å². The Labute approximate surface area is 188 Å². The van der Waals surface area contributed by atoms with E-state index in [0.717, 1.165) is 25.7 Å². The molecule has 0 aromatic heterocycles. The summed E-state index contributed by atoms with van der Waals surface area (Å²) in [6.07, 6.45) is 12.5. The van der Waals surface area contributed by atoms with Crippen LogP contribution in [-0.2, 0) is 11.2 Å². The predicted octanol–water partition coefficient (Wildman–Crippen LogP) is 2.39. The molecule has 0 unspecified atom stereocenters. The molecule has 0 aliphatic heterocycles.